The SMILES string of the molecule is Cc1ccc2c(c1)Cc1nc(Cc3ccccc3C)nc(NCCCN3CCCCC3)c1-2. The van der Waals surface area contributed by atoms with E-state index in [2.05, 4.69) is 66.5 Å². The van der Waals surface area contributed by atoms with E-state index in [-0.39, 0.29) is 0 Å². The van der Waals surface area contributed by atoms with Crippen LogP contribution in [0.15, 0.2) is 42.5 Å². The zero-order valence-corrected chi connectivity index (χ0v) is 19.5. The van der Waals surface area contributed by atoms with Crippen LogP contribution in [0.25, 0.3) is 11.1 Å². The fraction of sp³-hybridized carbons (Fsp3) is 0.429. The Labute approximate surface area is 192 Å². The van der Waals surface area contributed by atoms with Gasteiger partial charge in [-0.25, -0.2) is 9.97 Å². The van der Waals surface area contributed by atoms with Crippen LogP contribution in [0.4, 0.5) is 5.82 Å². The second kappa shape index (κ2) is 9.41. The number of hydrogen-bond donors (Lipinski definition) is 1. The van der Waals surface area contributed by atoms with Gasteiger partial charge in [-0.2, -0.15) is 0 Å². The molecule has 1 aromatic heterocycles. The summed E-state index contributed by atoms with van der Waals surface area (Å²) in [6.07, 6.45) is 6.92. The molecule has 0 atom stereocenters. The van der Waals surface area contributed by atoms with E-state index < -0.39 is 0 Å². The number of nitrogens with zero attached hydrogens (tertiary/aromatic N) is 3. The van der Waals surface area contributed by atoms with Gasteiger partial charge in [-0.1, -0.05) is 54.4 Å². The van der Waals surface area contributed by atoms with Crippen LogP contribution in [-0.2, 0) is 12.8 Å². The molecule has 2 heterocycles. The fourth-order valence-corrected chi connectivity index (χ4v) is 5.14. The predicted molar refractivity (Wildman–Crippen MR) is 132 cm³/mol. The number of hydrogen-bond acceptors (Lipinski definition) is 4. The summed E-state index contributed by atoms with van der Waals surface area (Å²) in [6.45, 7) is 8.98. The van der Waals surface area contributed by atoms with Gasteiger partial charge in [0, 0.05) is 24.9 Å². The zero-order chi connectivity index (χ0) is 21.9. The monoisotopic (exact) mass is 426 g/mol. The van der Waals surface area contributed by atoms with Crippen molar-refractivity contribution in [2.24, 2.45) is 0 Å². The Balaban J connectivity index is 1.38. The predicted octanol–water partition coefficient (Wildman–Crippen LogP) is 5.54. The van der Waals surface area contributed by atoms with Gasteiger partial charge >= 0.3 is 0 Å². The molecule has 5 rings (SSSR count). The lowest BCUT2D eigenvalue weighted by molar-refractivity contribution is 0.228. The van der Waals surface area contributed by atoms with E-state index in [1.54, 1.807) is 0 Å². The Hall–Kier alpha value is -2.72. The first-order valence-corrected chi connectivity index (χ1v) is 12.2. The Morgan fingerprint density at radius 2 is 1.81 bits per heavy atom. The van der Waals surface area contributed by atoms with Crippen molar-refractivity contribution >= 4 is 5.82 Å². The summed E-state index contributed by atoms with van der Waals surface area (Å²) in [4.78, 5) is 12.7. The molecule has 1 fully saturated rings. The average Bonchev–Trinajstić information content (AvgIpc) is 3.16. The minimum atomic E-state index is 0.776. The number of anilines is 1. The van der Waals surface area contributed by atoms with Crippen molar-refractivity contribution in [1.29, 1.82) is 0 Å². The minimum Gasteiger partial charge on any atom is -0.369 e. The van der Waals surface area contributed by atoms with Crippen LogP contribution in [-0.4, -0.2) is 41.0 Å². The Morgan fingerprint density at radius 1 is 0.969 bits per heavy atom. The molecule has 3 aromatic rings. The second-order valence-corrected chi connectivity index (χ2v) is 9.43. The van der Waals surface area contributed by atoms with Gasteiger partial charge in [0.1, 0.15) is 11.6 Å². The molecule has 0 radical (unpaired) electrons. The summed E-state index contributed by atoms with van der Waals surface area (Å²) >= 11 is 0. The lowest BCUT2D eigenvalue weighted by Crippen LogP contribution is -2.31. The van der Waals surface area contributed by atoms with Crippen LogP contribution in [0.3, 0.4) is 0 Å². The first-order chi connectivity index (χ1) is 15.7. The number of rotatable bonds is 7. The van der Waals surface area contributed by atoms with Gasteiger partial charge in [0.2, 0.25) is 0 Å². The molecule has 1 aliphatic carbocycles. The van der Waals surface area contributed by atoms with Crippen LogP contribution in [0.5, 0.6) is 0 Å². The third kappa shape index (κ3) is 4.56. The highest BCUT2D eigenvalue weighted by Gasteiger charge is 2.25. The first-order valence-electron chi connectivity index (χ1n) is 12.2. The number of fused-ring (bicyclic) bond motifs is 3. The Bertz CT molecular complexity index is 1100. The molecular weight excluding hydrogens is 392 g/mol. The molecule has 0 amide bonds. The van der Waals surface area contributed by atoms with Crippen LogP contribution < -0.4 is 5.32 Å². The Kier molecular flexibility index (Phi) is 6.22. The molecule has 0 bridgehead atoms. The van der Waals surface area contributed by atoms with Gasteiger partial charge in [-0.3, -0.25) is 0 Å². The first kappa shape index (κ1) is 21.1. The van der Waals surface area contributed by atoms with Crippen LogP contribution in [0.1, 0.15) is 59.5 Å². The number of aryl methyl sites for hydroxylation is 2. The number of aromatic nitrogens is 2. The average molecular weight is 427 g/mol. The maximum absolute atomic E-state index is 5.05. The van der Waals surface area contributed by atoms with Crippen LogP contribution in [0.2, 0.25) is 0 Å². The zero-order valence-electron chi connectivity index (χ0n) is 19.5. The van der Waals surface area contributed by atoms with E-state index in [1.165, 1.54) is 78.0 Å². The van der Waals surface area contributed by atoms with E-state index in [4.69, 9.17) is 9.97 Å². The van der Waals surface area contributed by atoms with Crippen molar-refractivity contribution in [3.05, 3.63) is 76.2 Å². The highest BCUT2D eigenvalue weighted by molar-refractivity contribution is 5.84. The molecule has 4 heteroatoms. The molecule has 0 spiro atoms. The van der Waals surface area contributed by atoms with Gasteiger partial charge in [-0.05, 0) is 75.0 Å². The molecule has 0 saturated carbocycles. The summed E-state index contributed by atoms with van der Waals surface area (Å²) in [5, 5.41) is 3.70. The molecule has 166 valence electrons. The van der Waals surface area contributed by atoms with E-state index in [1.807, 2.05) is 0 Å². The number of benzene rings is 2. The summed E-state index contributed by atoms with van der Waals surface area (Å²) in [7, 11) is 0. The smallest absolute Gasteiger partial charge is 0.137 e. The number of nitrogens with one attached hydrogen (secondary N) is 1. The lowest BCUT2D eigenvalue weighted by Gasteiger charge is -2.26. The summed E-state index contributed by atoms with van der Waals surface area (Å²) in [6, 6.07) is 15.3. The maximum Gasteiger partial charge on any atom is 0.137 e. The molecule has 1 N–H and O–H groups in total. The number of likely N-dealkylation sites (tertiary alicyclic amines) is 1. The van der Waals surface area contributed by atoms with Gasteiger partial charge in [-0.15, -0.1) is 0 Å². The summed E-state index contributed by atoms with van der Waals surface area (Å²) < 4.78 is 0. The highest BCUT2D eigenvalue weighted by Crippen LogP contribution is 2.40. The molecule has 0 unspecified atom stereocenters. The molecule has 2 aromatic carbocycles. The molecule has 2 aliphatic rings. The molecule has 1 saturated heterocycles. The topological polar surface area (TPSA) is 41.1 Å². The lowest BCUT2D eigenvalue weighted by atomic mass is 10.0. The molecule has 1 aliphatic heterocycles. The third-order valence-electron chi connectivity index (χ3n) is 6.92. The van der Waals surface area contributed by atoms with Gasteiger partial charge in [0.25, 0.3) is 0 Å². The normalized spacial score (nSPS) is 15.4. The van der Waals surface area contributed by atoms with E-state index in [0.29, 0.717) is 0 Å². The van der Waals surface area contributed by atoms with Crippen LogP contribution in [0, 0.1) is 13.8 Å². The van der Waals surface area contributed by atoms with Crippen molar-refractivity contribution in [1.82, 2.24) is 14.9 Å². The Morgan fingerprint density at radius 3 is 2.66 bits per heavy atom. The van der Waals surface area contributed by atoms with Crippen molar-refractivity contribution < 1.29 is 0 Å². The van der Waals surface area contributed by atoms with Crippen LogP contribution >= 0.6 is 0 Å². The fourth-order valence-electron chi connectivity index (χ4n) is 5.14. The summed E-state index contributed by atoms with van der Waals surface area (Å²) in [5.41, 5.74) is 8.96. The molecule has 32 heavy (non-hydrogen) atoms. The maximum atomic E-state index is 5.05. The van der Waals surface area contributed by atoms with Crippen molar-refractivity contribution in [3.8, 4) is 11.1 Å². The van der Waals surface area contributed by atoms with Gasteiger partial charge in [0.05, 0.1) is 5.69 Å². The van der Waals surface area contributed by atoms with Gasteiger partial charge in [0.15, 0.2) is 0 Å². The second-order valence-electron chi connectivity index (χ2n) is 9.43. The quantitative estimate of drug-likeness (QED) is 0.394. The minimum absolute atomic E-state index is 0.776. The third-order valence-corrected chi connectivity index (χ3v) is 6.92. The number of piperidine rings is 1. The van der Waals surface area contributed by atoms with E-state index in [0.717, 1.165) is 37.4 Å². The largest absolute Gasteiger partial charge is 0.369 e. The van der Waals surface area contributed by atoms with E-state index >= 15 is 0 Å². The van der Waals surface area contributed by atoms with Crippen molar-refractivity contribution in [2.75, 3.05) is 31.5 Å². The van der Waals surface area contributed by atoms with Gasteiger partial charge < -0.3 is 10.2 Å². The molecule has 4 nitrogen and oxygen atoms in total. The molecular formula is C28H34N4. The van der Waals surface area contributed by atoms with E-state index in [9.17, 15) is 0 Å². The standard InChI is InChI=1S/C28H34N4/c1-20-11-12-24-23(17-20)18-25-27(24)28(29-13-8-16-32-14-6-3-7-15-32)31-26(30-25)19-22-10-5-4-9-21(22)2/h4-5,9-12,17H,3,6-8,13-16,18-19H2,1-2H3,(H,29,30,31). The highest BCUT2D eigenvalue weighted by atomic mass is 15.1. The van der Waals surface area contributed by atoms with Crippen molar-refractivity contribution in [2.45, 2.75) is 52.4 Å². The van der Waals surface area contributed by atoms with Crippen molar-refractivity contribution in [3.63, 3.8) is 0 Å². The summed E-state index contributed by atoms with van der Waals surface area (Å²) in [5.74, 6) is 1.93.